The Bertz CT molecular complexity index is 749. The van der Waals surface area contributed by atoms with Gasteiger partial charge in [0.05, 0.1) is 0 Å². The summed E-state index contributed by atoms with van der Waals surface area (Å²) in [5.74, 6) is 0.736. The Morgan fingerprint density at radius 2 is 0.673 bits per heavy atom. The second kappa shape index (κ2) is 36.2. The second-order valence-electron chi connectivity index (χ2n) is 15.6. The molecular formula is C43H82O6. The normalized spacial score (nSPS) is 12.1. The van der Waals surface area contributed by atoms with Crippen LogP contribution in [0.15, 0.2) is 0 Å². The highest BCUT2D eigenvalue weighted by Gasteiger charge is 2.19. The summed E-state index contributed by atoms with van der Waals surface area (Å²) in [5, 5.41) is 0. The van der Waals surface area contributed by atoms with Gasteiger partial charge in [-0.1, -0.05) is 189 Å². The van der Waals surface area contributed by atoms with E-state index in [4.69, 9.17) is 14.2 Å². The van der Waals surface area contributed by atoms with Gasteiger partial charge in [-0.3, -0.25) is 14.4 Å². The molecule has 0 aromatic carbocycles. The van der Waals surface area contributed by atoms with Crippen molar-refractivity contribution in [2.75, 3.05) is 13.2 Å². The molecule has 1 atom stereocenters. The lowest BCUT2D eigenvalue weighted by molar-refractivity contribution is -0.167. The fourth-order valence-electron chi connectivity index (χ4n) is 6.22. The Hall–Kier alpha value is -1.59. The van der Waals surface area contributed by atoms with E-state index in [9.17, 15) is 14.4 Å². The van der Waals surface area contributed by atoms with E-state index in [0.29, 0.717) is 19.3 Å². The average Bonchev–Trinajstić information content (AvgIpc) is 3.06. The first-order valence-electron chi connectivity index (χ1n) is 21.2. The third-order valence-corrected chi connectivity index (χ3v) is 9.47. The molecule has 0 spiro atoms. The number of ether oxygens (including phenoxy) is 3. The molecular weight excluding hydrogens is 612 g/mol. The zero-order valence-electron chi connectivity index (χ0n) is 33.3. The number of carbonyl (C=O) groups is 3. The van der Waals surface area contributed by atoms with E-state index in [0.717, 1.165) is 69.6 Å². The molecule has 0 bridgehead atoms. The Labute approximate surface area is 304 Å². The molecule has 0 aliphatic rings. The molecule has 0 rings (SSSR count). The van der Waals surface area contributed by atoms with Crippen molar-refractivity contribution in [1.29, 1.82) is 0 Å². The van der Waals surface area contributed by atoms with Gasteiger partial charge in [0.15, 0.2) is 6.10 Å². The maximum atomic E-state index is 12.6. The number of carbonyl (C=O) groups excluding carboxylic acids is 3. The SMILES string of the molecule is CCCCCCCCCC(=O)OC[C@@H](COC(=O)CCCCCCCCCC(C)C)OC(=O)CCCCCCCCCCCCCC(C)C. The second-order valence-corrected chi connectivity index (χ2v) is 15.6. The predicted octanol–water partition coefficient (Wildman–Crippen LogP) is 13.0. The van der Waals surface area contributed by atoms with Gasteiger partial charge in [-0.15, -0.1) is 0 Å². The van der Waals surface area contributed by atoms with Gasteiger partial charge in [0.1, 0.15) is 13.2 Å². The van der Waals surface area contributed by atoms with Gasteiger partial charge < -0.3 is 14.2 Å². The first-order valence-corrected chi connectivity index (χ1v) is 21.2. The van der Waals surface area contributed by atoms with Gasteiger partial charge in [0.25, 0.3) is 0 Å². The van der Waals surface area contributed by atoms with Crippen LogP contribution in [0.2, 0.25) is 0 Å². The number of rotatable bonds is 37. The molecule has 0 amide bonds. The van der Waals surface area contributed by atoms with Crippen LogP contribution in [0, 0.1) is 11.8 Å². The Balaban J connectivity index is 4.30. The Kier molecular flexibility index (Phi) is 35.0. The van der Waals surface area contributed by atoms with E-state index < -0.39 is 6.10 Å². The van der Waals surface area contributed by atoms with Crippen LogP contribution in [0.3, 0.4) is 0 Å². The minimum Gasteiger partial charge on any atom is -0.462 e. The van der Waals surface area contributed by atoms with Gasteiger partial charge in [-0.25, -0.2) is 0 Å². The van der Waals surface area contributed by atoms with E-state index in [1.807, 2.05) is 0 Å². The minimum atomic E-state index is -0.759. The van der Waals surface area contributed by atoms with Crippen molar-refractivity contribution in [2.24, 2.45) is 11.8 Å². The van der Waals surface area contributed by atoms with Gasteiger partial charge in [0, 0.05) is 19.3 Å². The maximum absolute atomic E-state index is 12.6. The summed E-state index contributed by atoms with van der Waals surface area (Å²) in [6, 6.07) is 0. The minimum absolute atomic E-state index is 0.0666. The van der Waals surface area contributed by atoms with Crippen molar-refractivity contribution in [2.45, 2.75) is 233 Å². The highest BCUT2D eigenvalue weighted by molar-refractivity contribution is 5.71. The first-order chi connectivity index (χ1) is 23.7. The van der Waals surface area contributed by atoms with Gasteiger partial charge in [-0.05, 0) is 31.1 Å². The van der Waals surface area contributed by atoms with Crippen molar-refractivity contribution in [3.8, 4) is 0 Å². The van der Waals surface area contributed by atoms with Crippen molar-refractivity contribution in [3.05, 3.63) is 0 Å². The van der Waals surface area contributed by atoms with Crippen LogP contribution in [0.4, 0.5) is 0 Å². The molecule has 0 aromatic heterocycles. The molecule has 0 unspecified atom stereocenters. The quantitative estimate of drug-likeness (QED) is 0.0366. The zero-order chi connectivity index (χ0) is 36.2. The first kappa shape index (κ1) is 47.4. The van der Waals surface area contributed by atoms with E-state index >= 15 is 0 Å². The molecule has 0 saturated carbocycles. The van der Waals surface area contributed by atoms with E-state index in [-0.39, 0.29) is 31.1 Å². The summed E-state index contributed by atoms with van der Waals surface area (Å²) >= 11 is 0. The van der Waals surface area contributed by atoms with Gasteiger partial charge >= 0.3 is 17.9 Å². The predicted molar refractivity (Wildman–Crippen MR) is 206 cm³/mol. The molecule has 6 heteroatoms. The lowest BCUT2D eigenvalue weighted by Gasteiger charge is -2.18. The summed E-state index contributed by atoms with van der Waals surface area (Å²) in [6.07, 6.45) is 32.5. The van der Waals surface area contributed by atoms with Crippen LogP contribution >= 0.6 is 0 Å². The molecule has 0 radical (unpaired) electrons. The molecule has 0 fully saturated rings. The monoisotopic (exact) mass is 695 g/mol. The molecule has 0 saturated heterocycles. The fourth-order valence-corrected chi connectivity index (χ4v) is 6.22. The van der Waals surface area contributed by atoms with Crippen LogP contribution in [-0.4, -0.2) is 37.2 Å². The lowest BCUT2D eigenvalue weighted by atomic mass is 10.0. The van der Waals surface area contributed by atoms with Crippen molar-refractivity contribution >= 4 is 17.9 Å². The van der Waals surface area contributed by atoms with Crippen molar-refractivity contribution in [1.82, 2.24) is 0 Å². The van der Waals surface area contributed by atoms with Crippen LogP contribution in [0.1, 0.15) is 227 Å². The average molecular weight is 695 g/mol. The molecule has 49 heavy (non-hydrogen) atoms. The Morgan fingerprint density at radius 3 is 1.00 bits per heavy atom. The molecule has 0 N–H and O–H groups in total. The molecule has 0 aliphatic carbocycles. The smallest absolute Gasteiger partial charge is 0.306 e. The van der Waals surface area contributed by atoms with E-state index in [1.54, 1.807) is 0 Å². The van der Waals surface area contributed by atoms with Crippen LogP contribution in [-0.2, 0) is 28.6 Å². The topological polar surface area (TPSA) is 78.9 Å². The fraction of sp³-hybridized carbons (Fsp3) is 0.930. The largest absolute Gasteiger partial charge is 0.462 e. The summed E-state index contributed by atoms with van der Waals surface area (Å²) in [7, 11) is 0. The van der Waals surface area contributed by atoms with Crippen LogP contribution in [0.25, 0.3) is 0 Å². The third kappa shape index (κ3) is 37.5. The highest BCUT2D eigenvalue weighted by Crippen LogP contribution is 2.16. The lowest BCUT2D eigenvalue weighted by Crippen LogP contribution is -2.30. The van der Waals surface area contributed by atoms with Crippen LogP contribution < -0.4 is 0 Å². The number of hydrogen-bond acceptors (Lipinski definition) is 6. The molecule has 0 aromatic rings. The van der Waals surface area contributed by atoms with Gasteiger partial charge in [0.2, 0.25) is 0 Å². The Morgan fingerprint density at radius 1 is 0.388 bits per heavy atom. The molecule has 0 heterocycles. The van der Waals surface area contributed by atoms with Gasteiger partial charge in [-0.2, -0.15) is 0 Å². The standard InChI is InChI=1S/C43H82O6/c1-6-7-8-9-16-23-28-33-41(44)47-36-40(37-48-42(45)34-29-24-20-15-18-22-27-32-39(4)5)49-43(46)35-30-25-19-14-12-10-11-13-17-21-26-31-38(2)3/h38-40H,6-37H2,1-5H3/t40-/m0/s1. The highest BCUT2D eigenvalue weighted by atomic mass is 16.6. The number of esters is 3. The summed E-state index contributed by atoms with van der Waals surface area (Å²) in [6.45, 7) is 11.2. The van der Waals surface area contributed by atoms with Crippen molar-refractivity contribution in [3.63, 3.8) is 0 Å². The number of hydrogen-bond donors (Lipinski definition) is 0. The van der Waals surface area contributed by atoms with Crippen molar-refractivity contribution < 1.29 is 28.6 Å². The van der Waals surface area contributed by atoms with Crippen LogP contribution in [0.5, 0.6) is 0 Å². The number of unbranched alkanes of at least 4 members (excludes halogenated alkanes) is 22. The summed E-state index contributed by atoms with van der Waals surface area (Å²) in [4.78, 5) is 37.4. The van der Waals surface area contributed by atoms with E-state index in [2.05, 4.69) is 34.6 Å². The molecule has 290 valence electrons. The molecule has 0 aliphatic heterocycles. The summed E-state index contributed by atoms with van der Waals surface area (Å²) < 4.78 is 16.6. The maximum Gasteiger partial charge on any atom is 0.306 e. The molecule has 6 nitrogen and oxygen atoms in total. The van der Waals surface area contributed by atoms with E-state index in [1.165, 1.54) is 116 Å². The zero-order valence-corrected chi connectivity index (χ0v) is 33.3. The third-order valence-electron chi connectivity index (χ3n) is 9.47. The summed E-state index contributed by atoms with van der Waals surface area (Å²) in [5.41, 5.74) is 0.